The minimum atomic E-state index is -0.306. The number of likely N-dealkylation sites (N-methyl/N-ethyl adjacent to an activating group) is 1. The first-order chi connectivity index (χ1) is 6.86. The van der Waals surface area contributed by atoms with Crippen molar-refractivity contribution in [3.05, 3.63) is 14.8 Å². The zero-order chi connectivity index (χ0) is 11.7. The van der Waals surface area contributed by atoms with Crippen LogP contribution in [0.15, 0.2) is 9.08 Å². The molecule has 0 aliphatic rings. The maximum Gasteiger partial charge on any atom is 0.246 e. The molecule has 84 valence electrons. The molecule has 0 bridgehead atoms. The van der Waals surface area contributed by atoms with Crippen molar-refractivity contribution in [1.29, 1.82) is 0 Å². The first-order valence-electron chi connectivity index (χ1n) is 4.47. The van der Waals surface area contributed by atoms with Crippen LogP contribution in [0.25, 0.3) is 0 Å². The molecule has 0 radical (unpaired) electrons. The third-order valence-electron chi connectivity index (χ3n) is 2.12. The predicted molar refractivity (Wildman–Crippen MR) is 65.8 cm³/mol. The summed E-state index contributed by atoms with van der Waals surface area (Å²) in [4.78, 5) is 13.3. The lowest BCUT2D eigenvalue weighted by Crippen LogP contribution is -2.30. The van der Waals surface area contributed by atoms with E-state index in [0.29, 0.717) is 0 Å². The molecule has 1 amide bonds. The molecule has 0 spiro atoms. The lowest BCUT2D eigenvalue weighted by molar-refractivity contribution is -0.132. The van der Waals surface area contributed by atoms with Gasteiger partial charge in [-0.25, -0.2) is 4.68 Å². The fraction of sp³-hybridized carbons (Fsp3) is 0.556. The monoisotopic (exact) mass is 337 g/mol. The first kappa shape index (κ1) is 12.7. The number of halogens is 2. The van der Waals surface area contributed by atoms with Crippen LogP contribution >= 0.6 is 31.9 Å². The minimum Gasteiger partial charge on any atom is -0.347 e. The van der Waals surface area contributed by atoms with Crippen molar-refractivity contribution in [3.63, 3.8) is 0 Å². The van der Waals surface area contributed by atoms with E-state index < -0.39 is 0 Å². The Morgan fingerprint density at radius 2 is 2.00 bits per heavy atom. The molecule has 1 unspecified atom stereocenters. The summed E-state index contributed by atoms with van der Waals surface area (Å²) in [6, 6.07) is -0.306. The van der Waals surface area contributed by atoms with E-state index in [1.54, 1.807) is 23.7 Å². The van der Waals surface area contributed by atoms with Crippen molar-refractivity contribution in [1.82, 2.24) is 14.7 Å². The molecule has 1 heterocycles. The van der Waals surface area contributed by atoms with E-state index in [-0.39, 0.29) is 11.9 Å². The largest absolute Gasteiger partial charge is 0.347 e. The van der Waals surface area contributed by atoms with Gasteiger partial charge in [0.1, 0.15) is 10.6 Å². The molecule has 4 nitrogen and oxygen atoms in total. The van der Waals surface area contributed by atoms with Gasteiger partial charge in [-0.2, -0.15) is 5.10 Å². The Hall–Kier alpha value is -0.360. The topological polar surface area (TPSA) is 38.1 Å². The van der Waals surface area contributed by atoms with E-state index in [0.717, 1.165) is 14.8 Å². The average molecular weight is 339 g/mol. The van der Waals surface area contributed by atoms with Crippen LogP contribution in [0, 0.1) is 6.92 Å². The van der Waals surface area contributed by atoms with Gasteiger partial charge in [-0.05, 0) is 45.7 Å². The van der Waals surface area contributed by atoms with Gasteiger partial charge in [-0.1, -0.05) is 0 Å². The van der Waals surface area contributed by atoms with E-state index in [2.05, 4.69) is 37.0 Å². The smallest absolute Gasteiger partial charge is 0.246 e. The average Bonchev–Trinajstić information content (AvgIpc) is 2.43. The summed E-state index contributed by atoms with van der Waals surface area (Å²) < 4.78 is 3.35. The lowest BCUT2D eigenvalue weighted by Gasteiger charge is -2.17. The van der Waals surface area contributed by atoms with Crippen molar-refractivity contribution >= 4 is 37.8 Å². The van der Waals surface area contributed by atoms with Gasteiger partial charge >= 0.3 is 0 Å². The molecular formula is C9H13Br2N3O. The summed E-state index contributed by atoms with van der Waals surface area (Å²) in [5.41, 5.74) is 0.861. The summed E-state index contributed by atoms with van der Waals surface area (Å²) in [5.74, 6) is 0.0192. The fourth-order valence-corrected chi connectivity index (χ4v) is 2.17. The maximum absolute atomic E-state index is 11.7. The number of carbonyl (C=O) groups is 1. The molecule has 15 heavy (non-hydrogen) atoms. The van der Waals surface area contributed by atoms with E-state index >= 15 is 0 Å². The van der Waals surface area contributed by atoms with Gasteiger partial charge in [0.15, 0.2) is 0 Å². The van der Waals surface area contributed by atoms with Gasteiger partial charge in [0, 0.05) is 14.1 Å². The highest BCUT2D eigenvalue weighted by atomic mass is 79.9. The fourth-order valence-electron chi connectivity index (χ4n) is 1.23. The van der Waals surface area contributed by atoms with Gasteiger partial charge < -0.3 is 4.90 Å². The highest BCUT2D eigenvalue weighted by molar-refractivity contribution is 9.13. The number of aryl methyl sites for hydroxylation is 1. The zero-order valence-corrected chi connectivity index (χ0v) is 12.3. The maximum atomic E-state index is 11.7. The van der Waals surface area contributed by atoms with E-state index in [4.69, 9.17) is 0 Å². The van der Waals surface area contributed by atoms with E-state index in [1.165, 1.54) is 0 Å². The Bertz CT molecular complexity index is 387. The van der Waals surface area contributed by atoms with Gasteiger partial charge in [0.05, 0.1) is 10.2 Å². The van der Waals surface area contributed by atoms with Crippen molar-refractivity contribution in [2.45, 2.75) is 19.9 Å². The third-order valence-corrected chi connectivity index (χ3v) is 4.36. The molecule has 6 heteroatoms. The van der Waals surface area contributed by atoms with Crippen LogP contribution in [-0.2, 0) is 4.79 Å². The van der Waals surface area contributed by atoms with Gasteiger partial charge in [-0.15, -0.1) is 0 Å². The zero-order valence-electron chi connectivity index (χ0n) is 9.08. The van der Waals surface area contributed by atoms with Crippen molar-refractivity contribution < 1.29 is 4.79 Å². The molecule has 1 rings (SSSR count). The Morgan fingerprint density at radius 3 is 2.33 bits per heavy atom. The molecule has 1 aromatic rings. The number of nitrogens with zero attached hydrogens (tertiary/aromatic N) is 3. The van der Waals surface area contributed by atoms with Crippen molar-refractivity contribution in [3.8, 4) is 0 Å². The second-order valence-electron chi connectivity index (χ2n) is 3.54. The van der Waals surface area contributed by atoms with Crippen LogP contribution in [0.5, 0.6) is 0 Å². The Labute approximate surface area is 106 Å². The van der Waals surface area contributed by atoms with Crippen LogP contribution < -0.4 is 0 Å². The SMILES string of the molecule is Cc1nn(C(C)C(=O)N(C)C)c(Br)c1Br. The number of rotatable bonds is 2. The van der Waals surface area contributed by atoms with Crippen LogP contribution in [0.4, 0.5) is 0 Å². The molecule has 1 atom stereocenters. The summed E-state index contributed by atoms with van der Waals surface area (Å²) in [6.07, 6.45) is 0. The molecule has 0 aliphatic heterocycles. The Morgan fingerprint density at radius 1 is 1.47 bits per heavy atom. The summed E-state index contributed by atoms with van der Waals surface area (Å²) >= 11 is 6.80. The number of hydrogen-bond donors (Lipinski definition) is 0. The standard InChI is InChI=1S/C9H13Br2N3O/c1-5-7(10)8(11)14(12-5)6(2)9(15)13(3)4/h6H,1-4H3. The molecule has 0 saturated heterocycles. The van der Waals surface area contributed by atoms with Crippen LogP contribution in [-0.4, -0.2) is 34.7 Å². The van der Waals surface area contributed by atoms with Crippen LogP contribution in [0.3, 0.4) is 0 Å². The molecule has 0 aromatic carbocycles. The number of hydrogen-bond acceptors (Lipinski definition) is 2. The predicted octanol–water partition coefficient (Wildman–Crippen LogP) is 2.37. The number of carbonyl (C=O) groups excluding carboxylic acids is 1. The highest BCUT2D eigenvalue weighted by Crippen LogP contribution is 2.28. The van der Waals surface area contributed by atoms with Crippen molar-refractivity contribution in [2.24, 2.45) is 0 Å². The first-order valence-corrected chi connectivity index (χ1v) is 6.06. The number of aromatic nitrogens is 2. The second-order valence-corrected chi connectivity index (χ2v) is 5.09. The number of amides is 1. The minimum absolute atomic E-state index is 0.0192. The van der Waals surface area contributed by atoms with Gasteiger partial charge in [0.25, 0.3) is 0 Å². The summed E-state index contributed by atoms with van der Waals surface area (Å²) in [5, 5.41) is 4.29. The molecule has 0 fully saturated rings. The van der Waals surface area contributed by atoms with E-state index in [1.807, 2.05) is 13.8 Å². The van der Waals surface area contributed by atoms with Gasteiger partial charge in [0.2, 0.25) is 5.91 Å². The Kier molecular flexibility index (Phi) is 3.94. The lowest BCUT2D eigenvalue weighted by atomic mass is 10.3. The second kappa shape index (κ2) is 4.65. The Balaban J connectivity index is 3.06. The van der Waals surface area contributed by atoms with Crippen molar-refractivity contribution in [2.75, 3.05) is 14.1 Å². The summed E-state index contributed by atoms with van der Waals surface area (Å²) in [7, 11) is 3.47. The highest BCUT2D eigenvalue weighted by Gasteiger charge is 2.22. The van der Waals surface area contributed by atoms with Crippen LogP contribution in [0.2, 0.25) is 0 Å². The molecule has 1 aromatic heterocycles. The molecule has 0 aliphatic carbocycles. The summed E-state index contributed by atoms with van der Waals surface area (Å²) in [6.45, 7) is 3.71. The molecule has 0 N–H and O–H groups in total. The molecular weight excluding hydrogens is 326 g/mol. The van der Waals surface area contributed by atoms with Crippen LogP contribution in [0.1, 0.15) is 18.7 Å². The normalized spacial score (nSPS) is 12.7. The van der Waals surface area contributed by atoms with E-state index in [9.17, 15) is 4.79 Å². The quantitative estimate of drug-likeness (QED) is 0.830. The van der Waals surface area contributed by atoms with Gasteiger partial charge in [-0.3, -0.25) is 4.79 Å². The third kappa shape index (κ3) is 2.42. The molecule has 0 saturated carbocycles.